The van der Waals surface area contributed by atoms with Crippen molar-refractivity contribution < 1.29 is 18.3 Å². The van der Waals surface area contributed by atoms with E-state index < -0.39 is 16.0 Å². The molecule has 0 aromatic heterocycles. The summed E-state index contributed by atoms with van der Waals surface area (Å²) in [6.45, 7) is 2.64. The highest BCUT2D eigenvalue weighted by atomic mass is 32.2. The van der Waals surface area contributed by atoms with Crippen molar-refractivity contribution in [3.8, 4) is 0 Å². The Labute approximate surface area is 125 Å². The van der Waals surface area contributed by atoms with E-state index in [4.69, 9.17) is 5.11 Å². The molecule has 0 aliphatic carbocycles. The second kappa shape index (κ2) is 7.02. The van der Waals surface area contributed by atoms with Crippen molar-refractivity contribution in [3.63, 3.8) is 0 Å². The normalized spacial score (nSPS) is 18.3. The van der Waals surface area contributed by atoms with Crippen molar-refractivity contribution in [2.75, 3.05) is 32.7 Å². The van der Waals surface area contributed by atoms with Crippen LogP contribution in [-0.2, 0) is 14.8 Å². The van der Waals surface area contributed by atoms with Gasteiger partial charge < -0.3 is 10.0 Å². The van der Waals surface area contributed by atoms with E-state index in [0.29, 0.717) is 37.5 Å². The van der Waals surface area contributed by atoms with E-state index in [9.17, 15) is 13.2 Å². The van der Waals surface area contributed by atoms with Gasteiger partial charge in [0.1, 0.15) is 0 Å². The fourth-order valence-electron chi connectivity index (χ4n) is 2.41. The summed E-state index contributed by atoms with van der Waals surface area (Å²) in [5.74, 6) is -0.826. The minimum atomic E-state index is -3.45. The van der Waals surface area contributed by atoms with E-state index in [1.54, 1.807) is 30.3 Å². The van der Waals surface area contributed by atoms with Gasteiger partial charge in [0.15, 0.2) is 0 Å². The Morgan fingerprint density at radius 3 is 2.48 bits per heavy atom. The summed E-state index contributed by atoms with van der Waals surface area (Å²) in [5.41, 5.74) is 0. The fourth-order valence-corrected chi connectivity index (χ4v) is 3.90. The van der Waals surface area contributed by atoms with Gasteiger partial charge in [-0.3, -0.25) is 4.79 Å². The number of nitrogens with zero attached hydrogens (tertiary/aromatic N) is 2. The van der Waals surface area contributed by atoms with Crippen molar-refractivity contribution in [1.29, 1.82) is 0 Å². The van der Waals surface area contributed by atoms with Gasteiger partial charge in [-0.2, -0.15) is 4.31 Å². The molecule has 116 valence electrons. The van der Waals surface area contributed by atoms with Crippen molar-refractivity contribution in [2.45, 2.75) is 17.7 Å². The first kappa shape index (κ1) is 15.9. The molecule has 7 heteroatoms. The van der Waals surface area contributed by atoms with E-state index in [-0.39, 0.29) is 6.42 Å². The van der Waals surface area contributed by atoms with Gasteiger partial charge in [-0.05, 0) is 25.1 Å². The maximum atomic E-state index is 12.5. The van der Waals surface area contributed by atoms with Crippen molar-refractivity contribution in [2.24, 2.45) is 0 Å². The highest BCUT2D eigenvalue weighted by Crippen LogP contribution is 2.17. The summed E-state index contributed by atoms with van der Waals surface area (Å²) in [4.78, 5) is 12.9. The van der Waals surface area contributed by atoms with Crippen LogP contribution in [0.5, 0.6) is 0 Å². The first-order chi connectivity index (χ1) is 10.00. The van der Waals surface area contributed by atoms with Crippen LogP contribution in [0.3, 0.4) is 0 Å². The highest BCUT2D eigenvalue weighted by Gasteiger charge is 2.26. The van der Waals surface area contributed by atoms with E-state index in [2.05, 4.69) is 0 Å². The lowest BCUT2D eigenvalue weighted by molar-refractivity contribution is -0.137. The third-order valence-corrected chi connectivity index (χ3v) is 5.48. The second-order valence-electron chi connectivity index (χ2n) is 5.06. The van der Waals surface area contributed by atoms with Gasteiger partial charge in [-0.15, -0.1) is 0 Å². The number of hydrogen-bond donors (Lipinski definition) is 1. The van der Waals surface area contributed by atoms with Crippen molar-refractivity contribution in [1.82, 2.24) is 9.21 Å². The Bertz CT molecular complexity index is 574. The molecule has 1 N–H and O–H groups in total. The molecule has 0 saturated carbocycles. The molecular weight excluding hydrogens is 292 g/mol. The molecule has 1 saturated heterocycles. The van der Waals surface area contributed by atoms with E-state index in [1.165, 1.54) is 4.31 Å². The van der Waals surface area contributed by atoms with Crippen molar-refractivity contribution in [3.05, 3.63) is 30.3 Å². The quantitative estimate of drug-likeness (QED) is 0.872. The average molecular weight is 312 g/mol. The number of benzene rings is 1. The van der Waals surface area contributed by atoms with Gasteiger partial charge >= 0.3 is 5.97 Å². The standard InChI is InChI=1S/C14H20N2O4S/c17-14(18)7-10-15-8-4-9-16(12-11-15)21(19,20)13-5-2-1-3-6-13/h1-3,5-6H,4,7-12H2,(H,17,18). The van der Waals surface area contributed by atoms with E-state index >= 15 is 0 Å². The zero-order chi connectivity index (χ0) is 15.3. The zero-order valence-electron chi connectivity index (χ0n) is 11.8. The number of aliphatic carboxylic acids is 1. The summed E-state index contributed by atoms with van der Waals surface area (Å²) in [5, 5.41) is 8.71. The SMILES string of the molecule is O=C(O)CCN1CCCN(S(=O)(=O)c2ccccc2)CC1. The monoisotopic (exact) mass is 312 g/mol. The van der Waals surface area contributed by atoms with Crippen molar-refractivity contribution >= 4 is 16.0 Å². The Balaban J connectivity index is 2.01. The van der Waals surface area contributed by atoms with Crippen LogP contribution in [0.15, 0.2) is 35.2 Å². The molecule has 2 rings (SSSR count). The summed E-state index contributed by atoms with van der Waals surface area (Å²) >= 11 is 0. The van der Waals surface area contributed by atoms with Gasteiger partial charge in [-0.25, -0.2) is 8.42 Å². The van der Waals surface area contributed by atoms with Crippen LogP contribution in [0, 0.1) is 0 Å². The van der Waals surface area contributed by atoms with Gasteiger partial charge in [0.2, 0.25) is 10.0 Å². The molecule has 1 fully saturated rings. The van der Waals surface area contributed by atoms with Crippen LogP contribution < -0.4 is 0 Å². The summed E-state index contributed by atoms with van der Waals surface area (Å²) in [6, 6.07) is 8.41. The fraction of sp³-hybridized carbons (Fsp3) is 0.500. The highest BCUT2D eigenvalue weighted by molar-refractivity contribution is 7.89. The molecule has 1 heterocycles. The Hall–Kier alpha value is -1.44. The molecule has 0 amide bonds. The molecule has 0 unspecified atom stereocenters. The zero-order valence-corrected chi connectivity index (χ0v) is 12.6. The number of carboxylic acid groups (broad SMARTS) is 1. The molecule has 1 aliphatic heterocycles. The lowest BCUT2D eigenvalue weighted by Gasteiger charge is -2.21. The maximum absolute atomic E-state index is 12.5. The molecule has 1 aromatic carbocycles. The smallest absolute Gasteiger partial charge is 0.304 e. The molecule has 1 aromatic rings. The average Bonchev–Trinajstić information content (AvgIpc) is 2.72. The molecule has 6 nitrogen and oxygen atoms in total. The Kier molecular flexibility index (Phi) is 5.33. The first-order valence-electron chi connectivity index (χ1n) is 6.99. The summed E-state index contributed by atoms with van der Waals surface area (Å²) < 4.78 is 26.5. The molecule has 0 bridgehead atoms. The van der Waals surface area contributed by atoms with Crippen LogP contribution in [0.25, 0.3) is 0 Å². The van der Waals surface area contributed by atoms with Gasteiger partial charge in [0, 0.05) is 26.2 Å². The minimum absolute atomic E-state index is 0.0887. The van der Waals surface area contributed by atoms with E-state index in [1.807, 2.05) is 4.90 Å². The topological polar surface area (TPSA) is 77.9 Å². The maximum Gasteiger partial charge on any atom is 0.304 e. The molecule has 0 atom stereocenters. The van der Waals surface area contributed by atoms with E-state index in [0.717, 1.165) is 6.54 Å². The number of carboxylic acids is 1. The van der Waals surface area contributed by atoms with Crippen LogP contribution >= 0.6 is 0 Å². The van der Waals surface area contributed by atoms with Crippen LogP contribution in [0.2, 0.25) is 0 Å². The Morgan fingerprint density at radius 2 is 1.81 bits per heavy atom. The molecule has 0 spiro atoms. The van der Waals surface area contributed by atoms with Gasteiger partial charge in [0.25, 0.3) is 0 Å². The van der Waals surface area contributed by atoms with Crippen LogP contribution in [0.4, 0.5) is 0 Å². The number of hydrogen-bond acceptors (Lipinski definition) is 4. The number of sulfonamides is 1. The van der Waals surface area contributed by atoms with Crippen LogP contribution in [-0.4, -0.2) is 61.4 Å². The number of carbonyl (C=O) groups is 1. The molecule has 0 radical (unpaired) electrons. The van der Waals surface area contributed by atoms with Crippen LogP contribution in [0.1, 0.15) is 12.8 Å². The number of rotatable bonds is 5. The summed E-state index contributed by atoms with van der Waals surface area (Å²) in [6.07, 6.45) is 0.803. The van der Waals surface area contributed by atoms with Gasteiger partial charge in [-0.1, -0.05) is 18.2 Å². The first-order valence-corrected chi connectivity index (χ1v) is 8.43. The molecular formula is C14H20N2O4S. The minimum Gasteiger partial charge on any atom is -0.481 e. The Morgan fingerprint density at radius 1 is 1.10 bits per heavy atom. The molecule has 1 aliphatic rings. The predicted molar refractivity (Wildman–Crippen MR) is 78.5 cm³/mol. The third-order valence-electron chi connectivity index (χ3n) is 3.57. The predicted octanol–water partition coefficient (Wildman–Crippen LogP) is 0.858. The summed E-state index contributed by atoms with van der Waals surface area (Å²) in [7, 11) is -3.45. The largest absolute Gasteiger partial charge is 0.481 e. The lowest BCUT2D eigenvalue weighted by Crippen LogP contribution is -2.35. The van der Waals surface area contributed by atoms with Gasteiger partial charge in [0.05, 0.1) is 11.3 Å². The second-order valence-corrected chi connectivity index (χ2v) is 6.99. The lowest BCUT2D eigenvalue weighted by atomic mass is 10.3. The third kappa shape index (κ3) is 4.26. The molecule has 21 heavy (non-hydrogen) atoms.